The van der Waals surface area contributed by atoms with Crippen LogP contribution in [0.5, 0.6) is 0 Å². The minimum absolute atomic E-state index is 0.114. The summed E-state index contributed by atoms with van der Waals surface area (Å²) >= 11 is 4.16. The first-order valence-electron chi connectivity index (χ1n) is 4.22. The van der Waals surface area contributed by atoms with Gasteiger partial charge in [0.05, 0.1) is 0 Å². The highest BCUT2D eigenvalue weighted by molar-refractivity contribution is 9.10. The van der Waals surface area contributed by atoms with Crippen LogP contribution in [0.4, 0.5) is 0 Å². The summed E-state index contributed by atoms with van der Waals surface area (Å²) in [6.07, 6.45) is 0. The first kappa shape index (κ1) is 13.6. The lowest BCUT2D eigenvalue weighted by Crippen LogP contribution is -2.39. The van der Waals surface area contributed by atoms with Gasteiger partial charge in [0.25, 0.3) is 10.0 Å². The van der Waals surface area contributed by atoms with Crippen molar-refractivity contribution in [2.75, 3.05) is 7.05 Å². The smallest absolute Gasteiger partial charge is 0.321 e. The Balaban J connectivity index is 3.13. The first-order valence-corrected chi connectivity index (χ1v) is 7.33. The minimum Gasteiger partial charge on any atom is -0.480 e. The maximum Gasteiger partial charge on any atom is 0.321 e. The molecule has 1 heterocycles. The minimum atomic E-state index is -3.75. The molecule has 0 spiro atoms. The average molecular weight is 328 g/mol. The van der Waals surface area contributed by atoms with Gasteiger partial charge in [-0.1, -0.05) is 0 Å². The van der Waals surface area contributed by atoms with E-state index in [0.717, 1.165) is 15.6 Å². The van der Waals surface area contributed by atoms with Gasteiger partial charge >= 0.3 is 5.97 Å². The SMILES string of the molecule is CC(C(=O)O)N(C)S(=O)(=O)c1sccc1Br. The van der Waals surface area contributed by atoms with Gasteiger partial charge in [-0.3, -0.25) is 4.79 Å². The summed E-state index contributed by atoms with van der Waals surface area (Å²) in [4.78, 5) is 10.7. The van der Waals surface area contributed by atoms with Crippen LogP contribution >= 0.6 is 27.3 Å². The molecule has 0 saturated carbocycles. The van der Waals surface area contributed by atoms with Crippen molar-refractivity contribution in [3.05, 3.63) is 15.9 Å². The third-order valence-corrected chi connectivity index (χ3v) is 6.68. The van der Waals surface area contributed by atoms with E-state index in [0.29, 0.717) is 4.47 Å². The van der Waals surface area contributed by atoms with Gasteiger partial charge in [0, 0.05) is 11.5 Å². The van der Waals surface area contributed by atoms with Crippen molar-refractivity contribution in [3.63, 3.8) is 0 Å². The van der Waals surface area contributed by atoms with E-state index in [1.165, 1.54) is 14.0 Å². The number of likely N-dealkylation sites (N-methyl/N-ethyl adjacent to an activating group) is 1. The molecule has 0 fully saturated rings. The molecule has 0 amide bonds. The Morgan fingerprint density at radius 3 is 2.56 bits per heavy atom. The van der Waals surface area contributed by atoms with Crippen molar-refractivity contribution in [1.82, 2.24) is 4.31 Å². The number of hydrogen-bond donors (Lipinski definition) is 1. The van der Waals surface area contributed by atoms with Crippen LogP contribution in [-0.2, 0) is 14.8 Å². The molecule has 5 nitrogen and oxygen atoms in total. The van der Waals surface area contributed by atoms with E-state index in [1.807, 2.05) is 0 Å². The number of halogens is 1. The number of carboxylic acid groups (broad SMARTS) is 1. The summed E-state index contributed by atoms with van der Waals surface area (Å²) in [6.45, 7) is 1.32. The second-order valence-corrected chi connectivity index (χ2v) is 7.05. The van der Waals surface area contributed by atoms with Crippen molar-refractivity contribution < 1.29 is 18.3 Å². The molecule has 1 rings (SSSR count). The zero-order valence-electron chi connectivity index (χ0n) is 8.55. The van der Waals surface area contributed by atoms with E-state index in [1.54, 1.807) is 11.4 Å². The van der Waals surface area contributed by atoms with Crippen molar-refractivity contribution in [3.8, 4) is 0 Å². The third-order valence-electron chi connectivity index (χ3n) is 2.10. The number of carbonyl (C=O) groups is 1. The van der Waals surface area contributed by atoms with Gasteiger partial charge in [-0.2, -0.15) is 4.31 Å². The van der Waals surface area contributed by atoms with Gasteiger partial charge in [0.1, 0.15) is 10.3 Å². The maximum absolute atomic E-state index is 12.0. The molecule has 1 atom stereocenters. The molecule has 0 bridgehead atoms. The maximum atomic E-state index is 12.0. The summed E-state index contributed by atoms with van der Waals surface area (Å²) in [7, 11) is -2.50. The largest absolute Gasteiger partial charge is 0.480 e. The number of nitrogens with zero attached hydrogens (tertiary/aromatic N) is 1. The normalized spacial score (nSPS) is 14.0. The molecule has 0 aromatic carbocycles. The molecule has 1 unspecified atom stereocenters. The molecule has 0 aliphatic heterocycles. The number of rotatable bonds is 4. The zero-order chi connectivity index (χ0) is 12.5. The summed E-state index contributed by atoms with van der Waals surface area (Å²) in [5.74, 6) is -1.18. The van der Waals surface area contributed by atoms with Crippen LogP contribution in [-0.4, -0.2) is 36.9 Å². The van der Waals surface area contributed by atoms with Gasteiger partial charge in [0.15, 0.2) is 0 Å². The number of aliphatic carboxylic acids is 1. The fraction of sp³-hybridized carbons (Fsp3) is 0.375. The van der Waals surface area contributed by atoms with E-state index in [-0.39, 0.29) is 4.21 Å². The second-order valence-electron chi connectivity index (χ2n) is 3.09. The molecular weight excluding hydrogens is 318 g/mol. The number of carboxylic acids is 1. The monoisotopic (exact) mass is 327 g/mol. The number of hydrogen-bond acceptors (Lipinski definition) is 4. The quantitative estimate of drug-likeness (QED) is 0.911. The summed E-state index contributed by atoms with van der Waals surface area (Å²) < 4.78 is 25.4. The number of sulfonamides is 1. The van der Waals surface area contributed by atoms with Gasteiger partial charge in [-0.15, -0.1) is 11.3 Å². The summed E-state index contributed by atoms with van der Waals surface area (Å²) in [5, 5.41) is 10.4. The van der Waals surface area contributed by atoms with Gasteiger partial charge in [-0.05, 0) is 34.3 Å². The lowest BCUT2D eigenvalue weighted by Gasteiger charge is -2.20. The summed E-state index contributed by atoms with van der Waals surface area (Å²) in [6, 6.07) is 0.510. The molecular formula is C8H10BrNO4S2. The predicted octanol–water partition coefficient (Wildman–Crippen LogP) is 1.60. The van der Waals surface area contributed by atoms with Crippen molar-refractivity contribution in [2.45, 2.75) is 17.2 Å². The molecule has 0 radical (unpaired) electrons. The third kappa shape index (κ3) is 2.45. The Hall–Kier alpha value is -0.440. The highest BCUT2D eigenvalue weighted by Crippen LogP contribution is 2.30. The van der Waals surface area contributed by atoms with Crippen LogP contribution in [0.1, 0.15) is 6.92 Å². The Kier molecular flexibility index (Phi) is 4.11. The molecule has 1 aromatic heterocycles. The molecule has 0 aliphatic carbocycles. The zero-order valence-corrected chi connectivity index (χ0v) is 11.8. The van der Waals surface area contributed by atoms with Crippen LogP contribution in [0.25, 0.3) is 0 Å². The van der Waals surface area contributed by atoms with E-state index in [2.05, 4.69) is 15.9 Å². The van der Waals surface area contributed by atoms with Crippen LogP contribution in [0.15, 0.2) is 20.1 Å². The number of thiophene rings is 1. The fourth-order valence-corrected chi connectivity index (χ4v) is 4.76. The highest BCUT2D eigenvalue weighted by Gasteiger charge is 2.31. The lowest BCUT2D eigenvalue weighted by atomic mass is 10.4. The second kappa shape index (κ2) is 4.82. The molecule has 1 N–H and O–H groups in total. The predicted molar refractivity (Wildman–Crippen MR) is 64.1 cm³/mol. The summed E-state index contributed by atoms with van der Waals surface area (Å²) in [5.41, 5.74) is 0. The molecule has 8 heteroatoms. The Labute approximate surface area is 106 Å². The van der Waals surface area contributed by atoms with Crippen LogP contribution in [0.3, 0.4) is 0 Å². The molecule has 0 aliphatic rings. The van der Waals surface area contributed by atoms with Crippen molar-refractivity contribution in [2.24, 2.45) is 0 Å². The van der Waals surface area contributed by atoms with Crippen LogP contribution < -0.4 is 0 Å². The fourth-order valence-electron chi connectivity index (χ4n) is 0.958. The van der Waals surface area contributed by atoms with E-state index in [9.17, 15) is 13.2 Å². The highest BCUT2D eigenvalue weighted by atomic mass is 79.9. The van der Waals surface area contributed by atoms with E-state index in [4.69, 9.17) is 5.11 Å². The van der Waals surface area contributed by atoms with Crippen LogP contribution in [0, 0.1) is 0 Å². The van der Waals surface area contributed by atoms with E-state index >= 15 is 0 Å². The first-order chi connectivity index (χ1) is 7.28. The average Bonchev–Trinajstić information content (AvgIpc) is 2.62. The van der Waals surface area contributed by atoms with Gasteiger partial charge in [-0.25, -0.2) is 8.42 Å². The Morgan fingerprint density at radius 1 is 1.62 bits per heavy atom. The molecule has 90 valence electrons. The molecule has 16 heavy (non-hydrogen) atoms. The Bertz CT molecular complexity index is 496. The van der Waals surface area contributed by atoms with Crippen LogP contribution in [0.2, 0.25) is 0 Å². The molecule has 0 saturated heterocycles. The van der Waals surface area contributed by atoms with E-state index < -0.39 is 22.0 Å². The van der Waals surface area contributed by atoms with Gasteiger partial charge in [0.2, 0.25) is 0 Å². The topological polar surface area (TPSA) is 74.7 Å². The van der Waals surface area contributed by atoms with Gasteiger partial charge < -0.3 is 5.11 Å². The standard InChI is InChI=1S/C8H10BrNO4S2/c1-5(7(11)12)10(2)16(13,14)8-6(9)3-4-15-8/h3-5H,1-2H3,(H,11,12). The van der Waals surface area contributed by atoms with Crippen molar-refractivity contribution in [1.29, 1.82) is 0 Å². The van der Waals surface area contributed by atoms with Crippen molar-refractivity contribution >= 4 is 43.3 Å². The Morgan fingerprint density at radius 2 is 2.19 bits per heavy atom. The molecule has 1 aromatic rings. The lowest BCUT2D eigenvalue weighted by molar-refractivity contribution is -0.140.